The van der Waals surface area contributed by atoms with Crippen LogP contribution in [0.4, 0.5) is 0 Å². The molecule has 1 aliphatic rings. The number of hydrogen-bond acceptors (Lipinski definition) is 5. The van der Waals surface area contributed by atoms with Gasteiger partial charge in [-0.05, 0) is 43.5 Å². The largest absolute Gasteiger partial charge is 0.376 e. The third-order valence-electron chi connectivity index (χ3n) is 5.53. The first-order chi connectivity index (χ1) is 14.7. The molecule has 1 aromatic heterocycles. The Hall–Kier alpha value is -2.15. The summed E-state index contributed by atoms with van der Waals surface area (Å²) < 4.78 is 8.20. The van der Waals surface area contributed by atoms with Crippen molar-refractivity contribution < 1.29 is 4.74 Å². The first-order valence-electron chi connectivity index (χ1n) is 10.6. The zero-order valence-electron chi connectivity index (χ0n) is 17.8. The molecule has 0 amide bonds. The molecular formula is C24H30N4OS. The van der Waals surface area contributed by atoms with Crippen molar-refractivity contribution >= 4 is 11.8 Å². The first-order valence-corrected chi connectivity index (χ1v) is 11.6. The fourth-order valence-corrected chi connectivity index (χ4v) is 4.87. The number of aromatic nitrogens is 3. The normalized spacial score (nSPS) is 16.4. The van der Waals surface area contributed by atoms with Gasteiger partial charge in [0.2, 0.25) is 0 Å². The molecule has 5 nitrogen and oxygen atoms in total. The Balaban J connectivity index is 1.48. The molecule has 2 aromatic carbocycles. The van der Waals surface area contributed by atoms with Crippen molar-refractivity contribution in [2.24, 2.45) is 0 Å². The van der Waals surface area contributed by atoms with E-state index < -0.39 is 0 Å². The van der Waals surface area contributed by atoms with Gasteiger partial charge in [0.25, 0.3) is 0 Å². The summed E-state index contributed by atoms with van der Waals surface area (Å²) in [5, 5.41) is 10.1. The van der Waals surface area contributed by atoms with Gasteiger partial charge in [-0.1, -0.05) is 66.4 Å². The van der Waals surface area contributed by atoms with E-state index in [9.17, 15) is 0 Å². The van der Waals surface area contributed by atoms with E-state index in [4.69, 9.17) is 4.74 Å². The van der Waals surface area contributed by atoms with Crippen molar-refractivity contribution in [1.29, 1.82) is 0 Å². The minimum atomic E-state index is 0.261. The molecule has 0 bridgehead atoms. The van der Waals surface area contributed by atoms with Crippen LogP contribution in [-0.2, 0) is 30.1 Å². The van der Waals surface area contributed by atoms with Crippen molar-refractivity contribution in [2.75, 3.05) is 13.7 Å². The fraction of sp³-hybridized carbons (Fsp3) is 0.417. The number of benzene rings is 2. The molecule has 1 aliphatic heterocycles. The topological polar surface area (TPSA) is 43.2 Å². The monoisotopic (exact) mass is 422 g/mol. The molecule has 2 heterocycles. The van der Waals surface area contributed by atoms with E-state index in [1.807, 2.05) is 0 Å². The Morgan fingerprint density at radius 1 is 1.07 bits per heavy atom. The second kappa shape index (κ2) is 10.2. The molecule has 0 aliphatic carbocycles. The van der Waals surface area contributed by atoms with Gasteiger partial charge in [-0.2, -0.15) is 0 Å². The summed E-state index contributed by atoms with van der Waals surface area (Å²) >= 11 is 1.76. The standard InChI is InChI=1S/C24H30N4OS/c1-19-9-6-7-12-21(19)18-30-24-26-25-23(28(24)16-22-13-8-14-29-22)17-27(2)15-20-10-4-3-5-11-20/h3-7,9-12,22H,8,13-18H2,1-2H3/t22-/m1/s1. The highest BCUT2D eigenvalue weighted by Gasteiger charge is 2.21. The van der Waals surface area contributed by atoms with Crippen LogP contribution in [0.2, 0.25) is 0 Å². The highest BCUT2D eigenvalue weighted by Crippen LogP contribution is 2.26. The third-order valence-corrected chi connectivity index (χ3v) is 6.54. The van der Waals surface area contributed by atoms with Crippen LogP contribution in [0.3, 0.4) is 0 Å². The summed E-state index contributed by atoms with van der Waals surface area (Å²) in [6, 6.07) is 19.1. The van der Waals surface area contributed by atoms with Gasteiger partial charge in [0.1, 0.15) is 5.82 Å². The average Bonchev–Trinajstić information content (AvgIpc) is 3.39. The van der Waals surface area contributed by atoms with Crippen molar-refractivity contribution in [3.05, 3.63) is 77.1 Å². The lowest BCUT2D eigenvalue weighted by atomic mass is 10.1. The van der Waals surface area contributed by atoms with Gasteiger partial charge < -0.3 is 9.30 Å². The molecule has 0 saturated carbocycles. The van der Waals surface area contributed by atoms with E-state index in [1.165, 1.54) is 16.7 Å². The molecule has 0 radical (unpaired) electrons. The molecule has 30 heavy (non-hydrogen) atoms. The molecule has 3 aromatic rings. The zero-order valence-corrected chi connectivity index (χ0v) is 18.6. The quantitative estimate of drug-likeness (QED) is 0.468. The SMILES string of the molecule is Cc1ccccc1CSc1nnc(CN(C)Cc2ccccc2)n1C[C@H]1CCCO1. The van der Waals surface area contributed by atoms with E-state index in [-0.39, 0.29) is 6.10 Å². The highest BCUT2D eigenvalue weighted by molar-refractivity contribution is 7.98. The number of hydrogen-bond donors (Lipinski definition) is 0. The van der Waals surface area contributed by atoms with Gasteiger partial charge in [0, 0.05) is 18.9 Å². The molecule has 0 unspecified atom stereocenters. The van der Waals surface area contributed by atoms with Gasteiger partial charge in [-0.25, -0.2) is 0 Å². The molecule has 6 heteroatoms. The molecular weight excluding hydrogens is 392 g/mol. The second-order valence-electron chi connectivity index (χ2n) is 8.02. The van der Waals surface area contributed by atoms with Crippen LogP contribution in [0.5, 0.6) is 0 Å². The van der Waals surface area contributed by atoms with Gasteiger partial charge >= 0.3 is 0 Å². The van der Waals surface area contributed by atoms with Crippen molar-refractivity contribution in [3.63, 3.8) is 0 Å². The molecule has 4 rings (SSSR count). The number of aryl methyl sites for hydroxylation is 1. The van der Waals surface area contributed by atoms with E-state index in [2.05, 4.69) is 88.2 Å². The molecule has 0 N–H and O–H groups in total. The van der Waals surface area contributed by atoms with Crippen LogP contribution < -0.4 is 0 Å². The van der Waals surface area contributed by atoms with E-state index in [0.717, 1.165) is 55.8 Å². The number of thioether (sulfide) groups is 1. The predicted molar refractivity (Wildman–Crippen MR) is 121 cm³/mol. The van der Waals surface area contributed by atoms with E-state index >= 15 is 0 Å². The fourth-order valence-electron chi connectivity index (χ4n) is 3.82. The molecule has 158 valence electrons. The maximum atomic E-state index is 5.92. The lowest BCUT2D eigenvalue weighted by Gasteiger charge is -2.19. The van der Waals surface area contributed by atoms with Gasteiger partial charge in [0.05, 0.1) is 19.2 Å². The summed E-state index contributed by atoms with van der Waals surface area (Å²) in [7, 11) is 2.14. The van der Waals surface area contributed by atoms with Crippen molar-refractivity contribution in [3.8, 4) is 0 Å². The van der Waals surface area contributed by atoms with Crippen molar-refractivity contribution in [2.45, 2.75) is 56.4 Å². The molecule has 0 spiro atoms. The minimum Gasteiger partial charge on any atom is -0.376 e. The van der Waals surface area contributed by atoms with Crippen LogP contribution in [0, 0.1) is 6.92 Å². The number of nitrogens with zero attached hydrogens (tertiary/aromatic N) is 4. The maximum absolute atomic E-state index is 5.92. The van der Waals surface area contributed by atoms with Crippen LogP contribution >= 0.6 is 11.8 Å². The van der Waals surface area contributed by atoms with E-state index in [0.29, 0.717) is 0 Å². The van der Waals surface area contributed by atoms with Crippen LogP contribution in [0.25, 0.3) is 0 Å². The minimum absolute atomic E-state index is 0.261. The zero-order chi connectivity index (χ0) is 20.8. The van der Waals surface area contributed by atoms with E-state index in [1.54, 1.807) is 11.8 Å². The Morgan fingerprint density at radius 3 is 2.63 bits per heavy atom. The Morgan fingerprint density at radius 2 is 1.87 bits per heavy atom. The predicted octanol–water partition coefficient (Wildman–Crippen LogP) is 4.69. The van der Waals surface area contributed by atoms with Crippen molar-refractivity contribution in [1.82, 2.24) is 19.7 Å². The molecule has 1 atom stereocenters. The lowest BCUT2D eigenvalue weighted by Crippen LogP contribution is -2.23. The smallest absolute Gasteiger partial charge is 0.191 e. The van der Waals surface area contributed by atoms with Gasteiger partial charge in [0.15, 0.2) is 5.16 Å². The summed E-state index contributed by atoms with van der Waals surface area (Å²) in [5.74, 6) is 1.91. The number of ether oxygens (including phenoxy) is 1. The summed E-state index contributed by atoms with van der Waals surface area (Å²) in [6.07, 6.45) is 2.51. The summed E-state index contributed by atoms with van der Waals surface area (Å²) in [5.41, 5.74) is 3.97. The maximum Gasteiger partial charge on any atom is 0.191 e. The van der Waals surface area contributed by atoms with Crippen LogP contribution in [-0.4, -0.2) is 39.4 Å². The highest BCUT2D eigenvalue weighted by atomic mass is 32.2. The Kier molecular flexibility index (Phi) is 7.20. The molecule has 1 saturated heterocycles. The summed E-state index contributed by atoms with van der Waals surface area (Å²) in [4.78, 5) is 2.29. The lowest BCUT2D eigenvalue weighted by molar-refractivity contribution is 0.0934. The number of rotatable bonds is 9. The Bertz CT molecular complexity index is 937. The van der Waals surface area contributed by atoms with Gasteiger partial charge in [-0.3, -0.25) is 4.90 Å². The molecule has 1 fully saturated rings. The summed E-state index contributed by atoms with van der Waals surface area (Å²) in [6.45, 7) is 5.51. The average molecular weight is 423 g/mol. The second-order valence-corrected chi connectivity index (χ2v) is 8.96. The van der Waals surface area contributed by atoms with Crippen LogP contribution in [0.15, 0.2) is 59.8 Å². The van der Waals surface area contributed by atoms with Gasteiger partial charge in [-0.15, -0.1) is 10.2 Å². The Labute approximate surface area is 183 Å². The first kappa shape index (κ1) is 21.1. The van der Waals surface area contributed by atoms with Crippen LogP contribution in [0.1, 0.15) is 35.4 Å². The third kappa shape index (κ3) is 5.50.